The van der Waals surface area contributed by atoms with Crippen molar-refractivity contribution in [3.05, 3.63) is 65.1 Å². The molecule has 0 unspecified atom stereocenters. The van der Waals surface area contributed by atoms with Crippen molar-refractivity contribution in [1.29, 1.82) is 0 Å². The van der Waals surface area contributed by atoms with Gasteiger partial charge in [-0.3, -0.25) is 9.89 Å². The second kappa shape index (κ2) is 12.3. The number of aryl methyl sites for hydroxylation is 2. The number of allylic oxidation sites excluding steroid dienone is 1. The number of amides is 1. The van der Waals surface area contributed by atoms with Gasteiger partial charge in [0.25, 0.3) is 5.91 Å². The van der Waals surface area contributed by atoms with Crippen LogP contribution in [-0.4, -0.2) is 50.5 Å². The number of carbonyl (C=O) groups excluding carboxylic acids is 1. The smallest absolute Gasteiger partial charge is 0.252 e. The van der Waals surface area contributed by atoms with Gasteiger partial charge in [0.15, 0.2) is 11.6 Å². The van der Waals surface area contributed by atoms with E-state index in [1.54, 1.807) is 19.4 Å². The van der Waals surface area contributed by atoms with Crippen LogP contribution in [0.1, 0.15) is 74.1 Å². The zero-order valence-corrected chi connectivity index (χ0v) is 23.5. The minimum atomic E-state index is -0.930. The number of nitrogens with zero attached hydrogens (tertiary/aromatic N) is 6. The van der Waals surface area contributed by atoms with Gasteiger partial charge in [-0.05, 0) is 71.1 Å². The maximum atomic E-state index is 13.5. The Balaban J connectivity index is 1.40. The van der Waals surface area contributed by atoms with Gasteiger partial charge in [0, 0.05) is 49.1 Å². The van der Waals surface area contributed by atoms with E-state index in [0.29, 0.717) is 30.4 Å². The highest BCUT2D eigenvalue weighted by molar-refractivity contribution is 5.85. The molecule has 3 aromatic heterocycles. The number of hydrogen-bond acceptors (Lipinski definition) is 9. The minimum Gasteiger partial charge on any atom is -0.368 e. The SMILES string of the molecule is C=NN(/C=C(\C)F)c1ccc([C@H](C)NC(=O)C2(OC)CCC(c3cc(C)nc(Nc4cc(C)[nH]n4)n3)CC2)cn1. The molecule has 1 fully saturated rings. The van der Waals surface area contributed by atoms with Crippen molar-refractivity contribution in [2.24, 2.45) is 5.10 Å². The summed E-state index contributed by atoms with van der Waals surface area (Å²) in [4.78, 5) is 27.0. The number of rotatable bonds is 10. The lowest BCUT2D eigenvalue weighted by Gasteiger charge is -2.38. The van der Waals surface area contributed by atoms with E-state index in [0.717, 1.165) is 35.5 Å². The van der Waals surface area contributed by atoms with Gasteiger partial charge in [-0.2, -0.15) is 10.2 Å². The topological polar surface area (TPSA) is 133 Å². The Labute approximate surface area is 233 Å². The molecule has 0 aliphatic heterocycles. The lowest BCUT2D eigenvalue weighted by Crippen LogP contribution is -2.50. The van der Waals surface area contributed by atoms with Gasteiger partial charge in [0.05, 0.1) is 12.2 Å². The number of H-pyrrole nitrogens is 1. The van der Waals surface area contributed by atoms with Gasteiger partial charge in [0.2, 0.25) is 5.95 Å². The van der Waals surface area contributed by atoms with Gasteiger partial charge in [-0.25, -0.2) is 24.4 Å². The fourth-order valence-corrected chi connectivity index (χ4v) is 4.91. The number of aromatic nitrogens is 5. The third kappa shape index (κ3) is 6.68. The molecule has 3 aromatic rings. The summed E-state index contributed by atoms with van der Waals surface area (Å²) in [7, 11) is 1.58. The Bertz CT molecular complexity index is 1360. The number of ether oxygens (including phenoxy) is 1. The lowest BCUT2D eigenvalue weighted by atomic mass is 9.76. The Morgan fingerprint density at radius 1 is 1.30 bits per heavy atom. The average Bonchev–Trinajstić information content (AvgIpc) is 3.35. The van der Waals surface area contributed by atoms with Crippen LogP contribution in [0.15, 0.2) is 47.6 Å². The van der Waals surface area contributed by atoms with E-state index in [1.807, 2.05) is 39.0 Å². The summed E-state index contributed by atoms with van der Waals surface area (Å²) in [6.45, 7) is 10.5. The molecule has 1 amide bonds. The van der Waals surface area contributed by atoms with Crippen molar-refractivity contribution in [1.82, 2.24) is 30.5 Å². The summed E-state index contributed by atoms with van der Waals surface area (Å²) in [5.41, 5.74) is 2.61. The maximum absolute atomic E-state index is 13.5. The molecule has 0 aromatic carbocycles. The summed E-state index contributed by atoms with van der Waals surface area (Å²) in [5.74, 6) is 1.17. The third-order valence-electron chi connectivity index (χ3n) is 7.14. The molecule has 3 N–H and O–H groups in total. The largest absolute Gasteiger partial charge is 0.368 e. The first-order valence-corrected chi connectivity index (χ1v) is 13.2. The zero-order chi connectivity index (χ0) is 28.9. The van der Waals surface area contributed by atoms with Crippen LogP contribution in [0.4, 0.5) is 22.0 Å². The normalized spacial score (nSPS) is 20.1. The molecule has 1 aliphatic rings. The second-order valence-corrected chi connectivity index (χ2v) is 10.1. The average molecular weight is 550 g/mol. The predicted molar refractivity (Wildman–Crippen MR) is 152 cm³/mol. The number of anilines is 3. The van der Waals surface area contributed by atoms with Crippen molar-refractivity contribution < 1.29 is 13.9 Å². The summed E-state index contributed by atoms with van der Waals surface area (Å²) < 4.78 is 19.1. The maximum Gasteiger partial charge on any atom is 0.252 e. The van der Waals surface area contributed by atoms with Crippen LogP contribution in [0.3, 0.4) is 0 Å². The molecule has 40 heavy (non-hydrogen) atoms. The number of aromatic amines is 1. The molecule has 212 valence electrons. The number of halogens is 1. The zero-order valence-electron chi connectivity index (χ0n) is 23.5. The standard InChI is InChI=1S/C28H36FN9O2/c1-17(29)16-38(30-5)25-8-7-22(15-31-25)20(4)33-26(39)28(40-6)11-9-21(10-12-28)23-13-18(2)32-27(34-23)35-24-14-19(3)36-37-24/h7-8,13-16,20-21H,5,9-12H2,1-4,6H3,(H,33,39)(H2,32,34,35,36,37)/b17-16+/t20-,21?,28?/m0/s1. The van der Waals surface area contributed by atoms with Crippen LogP contribution < -0.4 is 15.6 Å². The van der Waals surface area contributed by atoms with Crippen LogP contribution in [0.5, 0.6) is 0 Å². The summed E-state index contributed by atoms with van der Waals surface area (Å²) in [6.07, 6.45) is 5.43. The van der Waals surface area contributed by atoms with E-state index in [4.69, 9.17) is 9.72 Å². The Hall–Kier alpha value is -4.19. The Morgan fingerprint density at radius 3 is 2.62 bits per heavy atom. The van der Waals surface area contributed by atoms with Gasteiger partial charge in [-0.15, -0.1) is 0 Å². The van der Waals surface area contributed by atoms with Gasteiger partial charge in [-0.1, -0.05) is 6.07 Å². The van der Waals surface area contributed by atoms with Crippen LogP contribution >= 0.6 is 0 Å². The number of hydrogen-bond donors (Lipinski definition) is 3. The van der Waals surface area contributed by atoms with Crippen molar-refractivity contribution in [2.75, 3.05) is 17.4 Å². The second-order valence-electron chi connectivity index (χ2n) is 10.1. The lowest BCUT2D eigenvalue weighted by molar-refractivity contribution is -0.148. The number of methoxy groups -OCH3 is 1. The monoisotopic (exact) mass is 549 g/mol. The van der Waals surface area contributed by atoms with Crippen LogP contribution in [0, 0.1) is 13.8 Å². The van der Waals surface area contributed by atoms with E-state index < -0.39 is 11.4 Å². The highest BCUT2D eigenvalue weighted by atomic mass is 19.1. The van der Waals surface area contributed by atoms with Crippen molar-refractivity contribution in [3.63, 3.8) is 0 Å². The molecule has 11 nitrogen and oxygen atoms in total. The fourth-order valence-electron chi connectivity index (χ4n) is 4.91. The number of pyridine rings is 1. The molecule has 4 rings (SSSR count). The first-order valence-electron chi connectivity index (χ1n) is 13.2. The molecule has 1 aliphatic carbocycles. The molecule has 0 saturated heterocycles. The van der Waals surface area contributed by atoms with Crippen LogP contribution in [-0.2, 0) is 9.53 Å². The van der Waals surface area contributed by atoms with Gasteiger partial charge in [0.1, 0.15) is 11.4 Å². The molecule has 3 heterocycles. The first-order chi connectivity index (χ1) is 19.1. The van der Waals surface area contributed by atoms with Crippen LogP contribution in [0.2, 0.25) is 0 Å². The molecule has 0 bridgehead atoms. The molecular weight excluding hydrogens is 513 g/mol. The highest BCUT2D eigenvalue weighted by Gasteiger charge is 2.43. The molecule has 1 saturated carbocycles. The molecule has 12 heteroatoms. The van der Waals surface area contributed by atoms with Crippen molar-refractivity contribution >= 4 is 30.2 Å². The van der Waals surface area contributed by atoms with E-state index in [-0.39, 0.29) is 17.9 Å². The fraction of sp³-hybridized carbons (Fsp3) is 0.429. The number of nitrogens with one attached hydrogen (secondary N) is 3. The molecule has 1 atom stereocenters. The van der Waals surface area contributed by atoms with Crippen molar-refractivity contribution in [3.8, 4) is 0 Å². The summed E-state index contributed by atoms with van der Waals surface area (Å²) in [6, 6.07) is 7.09. The Morgan fingerprint density at radius 2 is 2.05 bits per heavy atom. The van der Waals surface area contributed by atoms with Crippen LogP contribution in [0.25, 0.3) is 0 Å². The molecular formula is C28H36FN9O2. The quantitative estimate of drug-likeness (QED) is 0.234. The van der Waals surface area contributed by atoms with E-state index in [9.17, 15) is 9.18 Å². The minimum absolute atomic E-state index is 0.162. The Kier molecular flexibility index (Phi) is 8.88. The number of hydrazone groups is 1. The first kappa shape index (κ1) is 28.8. The van der Waals surface area contributed by atoms with Gasteiger partial charge < -0.3 is 15.4 Å². The third-order valence-corrected chi connectivity index (χ3v) is 7.14. The van der Waals surface area contributed by atoms with E-state index >= 15 is 0 Å². The van der Waals surface area contributed by atoms with Gasteiger partial charge >= 0.3 is 0 Å². The molecule has 0 spiro atoms. The predicted octanol–water partition coefficient (Wildman–Crippen LogP) is 5.13. The van der Waals surface area contributed by atoms with Crippen molar-refractivity contribution in [2.45, 2.75) is 70.9 Å². The summed E-state index contributed by atoms with van der Waals surface area (Å²) in [5, 5.41) is 18.4. The highest BCUT2D eigenvalue weighted by Crippen LogP contribution is 2.40. The number of carbonyl (C=O) groups is 1. The van der Waals surface area contributed by atoms with E-state index in [2.05, 4.69) is 42.6 Å². The molecule has 0 radical (unpaired) electrons. The summed E-state index contributed by atoms with van der Waals surface area (Å²) >= 11 is 0. The van der Waals surface area contributed by atoms with E-state index in [1.165, 1.54) is 18.1 Å².